The van der Waals surface area contributed by atoms with Crippen LogP contribution in [0.25, 0.3) is 6.08 Å². The van der Waals surface area contributed by atoms with Crippen LogP contribution in [0, 0.1) is 5.92 Å². The smallest absolute Gasteiger partial charge is 0.267 e. The number of hydrogen-bond donors (Lipinski definition) is 3. The van der Waals surface area contributed by atoms with E-state index in [2.05, 4.69) is 39.9 Å². The van der Waals surface area contributed by atoms with Gasteiger partial charge in [0, 0.05) is 25.6 Å². The number of carbonyl (C=O) groups is 2. The molecule has 3 N–H and O–H groups in total. The number of benzene rings is 1. The molecule has 1 aromatic heterocycles. The zero-order valence-electron chi connectivity index (χ0n) is 19.7. The number of hydroxylamine groups is 1. The second-order valence-corrected chi connectivity index (χ2v) is 8.57. The zero-order chi connectivity index (χ0) is 24.2. The van der Waals surface area contributed by atoms with Gasteiger partial charge in [0.1, 0.15) is 11.9 Å². The maximum absolute atomic E-state index is 12.8. The lowest BCUT2D eigenvalue weighted by molar-refractivity contribution is -0.198. The van der Waals surface area contributed by atoms with Crippen LogP contribution in [-0.2, 0) is 25.7 Å². The molecule has 1 aliphatic heterocycles. The molecule has 0 radical (unpaired) electrons. The first-order valence-electron chi connectivity index (χ1n) is 11.6. The Morgan fingerprint density at radius 1 is 1.18 bits per heavy atom. The first-order chi connectivity index (χ1) is 16.5. The minimum absolute atomic E-state index is 0.0954. The molecular formula is C25H33N5O4. The fourth-order valence-electron chi connectivity index (χ4n) is 3.41. The first kappa shape index (κ1) is 25.3. The van der Waals surface area contributed by atoms with Gasteiger partial charge in [-0.05, 0) is 36.8 Å². The molecular weight excluding hydrogens is 434 g/mol. The lowest BCUT2D eigenvalue weighted by Gasteiger charge is -2.21. The highest BCUT2D eigenvalue weighted by Crippen LogP contribution is 2.13. The van der Waals surface area contributed by atoms with Gasteiger partial charge in [0.25, 0.3) is 5.91 Å². The summed E-state index contributed by atoms with van der Waals surface area (Å²) in [6.07, 6.45) is 8.95. The number of amides is 2. The van der Waals surface area contributed by atoms with Crippen LogP contribution in [0.4, 0.5) is 5.82 Å². The molecule has 0 bridgehead atoms. The summed E-state index contributed by atoms with van der Waals surface area (Å²) in [6, 6.07) is 9.33. The van der Waals surface area contributed by atoms with Crippen molar-refractivity contribution in [2.75, 3.05) is 11.9 Å². The molecule has 1 fully saturated rings. The van der Waals surface area contributed by atoms with Gasteiger partial charge in [0.05, 0.1) is 18.1 Å². The molecule has 2 amide bonds. The Labute approximate surface area is 200 Å². The highest BCUT2D eigenvalue weighted by atomic mass is 16.8. The average molecular weight is 468 g/mol. The molecule has 9 nitrogen and oxygen atoms in total. The number of anilines is 1. The van der Waals surface area contributed by atoms with Crippen molar-refractivity contribution in [3.63, 3.8) is 0 Å². The number of ether oxygens (including phenoxy) is 1. The predicted molar refractivity (Wildman–Crippen MR) is 129 cm³/mol. The van der Waals surface area contributed by atoms with Gasteiger partial charge in [-0.15, -0.1) is 0 Å². The van der Waals surface area contributed by atoms with Crippen LogP contribution in [0.1, 0.15) is 50.8 Å². The minimum Gasteiger partial charge on any atom is -0.357 e. The molecule has 1 saturated heterocycles. The number of carbonyl (C=O) groups excluding carboxylic acids is 2. The van der Waals surface area contributed by atoms with Crippen molar-refractivity contribution in [3.05, 3.63) is 60.1 Å². The third kappa shape index (κ3) is 8.92. The Morgan fingerprint density at radius 2 is 2.00 bits per heavy atom. The monoisotopic (exact) mass is 467 g/mol. The third-order valence-electron chi connectivity index (χ3n) is 5.16. The normalized spacial score (nSPS) is 16.9. The zero-order valence-corrected chi connectivity index (χ0v) is 19.7. The van der Waals surface area contributed by atoms with Crippen LogP contribution in [0.15, 0.2) is 48.8 Å². The van der Waals surface area contributed by atoms with E-state index >= 15 is 0 Å². The SMILES string of the molecule is CC(C)C[C@@H](Nc1cnc(/C=C/C(=O)NOC2CCCCO2)cn1)C(=O)NCc1ccccc1. The number of rotatable bonds is 11. The molecule has 2 aromatic rings. The van der Waals surface area contributed by atoms with Crippen LogP contribution in [0.2, 0.25) is 0 Å². The molecule has 2 atom stereocenters. The summed E-state index contributed by atoms with van der Waals surface area (Å²) < 4.78 is 5.40. The van der Waals surface area contributed by atoms with Crippen molar-refractivity contribution >= 4 is 23.7 Å². The number of nitrogens with one attached hydrogen (secondary N) is 3. The Morgan fingerprint density at radius 3 is 2.68 bits per heavy atom. The fourth-order valence-corrected chi connectivity index (χ4v) is 3.41. The Hall–Kier alpha value is -3.30. The first-order valence-corrected chi connectivity index (χ1v) is 11.6. The summed E-state index contributed by atoms with van der Waals surface area (Å²) in [4.78, 5) is 38.6. The Balaban J connectivity index is 1.50. The van der Waals surface area contributed by atoms with Gasteiger partial charge in [-0.2, -0.15) is 0 Å². The molecule has 0 spiro atoms. The van der Waals surface area contributed by atoms with Crippen LogP contribution < -0.4 is 16.1 Å². The van der Waals surface area contributed by atoms with E-state index < -0.39 is 18.2 Å². The van der Waals surface area contributed by atoms with Gasteiger partial charge in [-0.25, -0.2) is 15.3 Å². The third-order valence-corrected chi connectivity index (χ3v) is 5.16. The van der Waals surface area contributed by atoms with Crippen molar-refractivity contribution < 1.29 is 19.2 Å². The average Bonchev–Trinajstić information content (AvgIpc) is 2.86. The second kappa shape index (κ2) is 13.4. The summed E-state index contributed by atoms with van der Waals surface area (Å²) in [7, 11) is 0. The van der Waals surface area contributed by atoms with E-state index in [4.69, 9.17) is 9.57 Å². The summed E-state index contributed by atoms with van der Waals surface area (Å²) in [5, 5.41) is 6.15. The number of hydrogen-bond acceptors (Lipinski definition) is 7. The van der Waals surface area contributed by atoms with Gasteiger partial charge in [-0.3, -0.25) is 14.6 Å². The van der Waals surface area contributed by atoms with E-state index in [0.717, 1.165) is 24.8 Å². The molecule has 2 heterocycles. The summed E-state index contributed by atoms with van der Waals surface area (Å²) in [6.45, 7) is 5.23. The molecule has 1 unspecified atom stereocenters. The fraction of sp³-hybridized carbons (Fsp3) is 0.440. The minimum atomic E-state index is -0.440. The molecule has 3 rings (SSSR count). The maximum Gasteiger partial charge on any atom is 0.267 e. The second-order valence-electron chi connectivity index (χ2n) is 8.57. The van der Waals surface area contributed by atoms with Gasteiger partial charge in [0.15, 0.2) is 6.29 Å². The molecule has 9 heteroatoms. The summed E-state index contributed by atoms with van der Waals surface area (Å²) in [5.41, 5.74) is 3.90. The van der Waals surface area contributed by atoms with E-state index in [-0.39, 0.29) is 5.91 Å². The van der Waals surface area contributed by atoms with Crippen LogP contribution in [0.3, 0.4) is 0 Å². The van der Waals surface area contributed by atoms with E-state index in [9.17, 15) is 9.59 Å². The van der Waals surface area contributed by atoms with Crippen LogP contribution >= 0.6 is 0 Å². The molecule has 182 valence electrons. The lowest BCUT2D eigenvalue weighted by atomic mass is 10.0. The van der Waals surface area contributed by atoms with Gasteiger partial charge < -0.3 is 15.4 Å². The molecule has 1 aliphatic rings. The van der Waals surface area contributed by atoms with Crippen molar-refractivity contribution in [2.45, 2.75) is 58.4 Å². The van der Waals surface area contributed by atoms with Crippen molar-refractivity contribution in [1.82, 2.24) is 20.8 Å². The van der Waals surface area contributed by atoms with E-state index in [1.54, 1.807) is 6.20 Å². The molecule has 0 aliphatic carbocycles. The topological polar surface area (TPSA) is 114 Å². The van der Waals surface area contributed by atoms with E-state index in [1.165, 1.54) is 18.3 Å². The predicted octanol–water partition coefficient (Wildman–Crippen LogP) is 3.21. The van der Waals surface area contributed by atoms with E-state index in [1.807, 2.05) is 30.3 Å². The summed E-state index contributed by atoms with van der Waals surface area (Å²) >= 11 is 0. The largest absolute Gasteiger partial charge is 0.357 e. The Kier molecular flexibility index (Phi) is 9.99. The van der Waals surface area contributed by atoms with Gasteiger partial charge in [-0.1, -0.05) is 44.2 Å². The van der Waals surface area contributed by atoms with Crippen molar-refractivity contribution in [2.24, 2.45) is 5.92 Å². The Bertz CT molecular complexity index is 928. The van der Waals surface area contributed by atoms with Crippen LogP contribution in [0.5, 0.6) is 0 Å². The number of nitrogens with zero attached hydrogens (tertiary/aromatic N) is 2. The molecule has 34 heavy (non-hydrogen) atoms. The molecule has 1 aromatic carbocycles. The van der Waals surface area contributed by atoms with Crippen molar-refractivity contribution in [3.8, 4) is 0 Å². The highest BCUT2D eigenvalue weighted by molar-refractivity contribution is 5.90. The summed E-state index contributed by atoms with van der Waals surface area (Å²) in [5.74, 6) is 0.293. The van der Waals surface area contributed by atoms with E-state index in [0.29, 0.717) is 37.0 Å². The van der Waals surface area contributed by atoms with Gasteiger partial charge in [0.2, 0.25) is 5.91 Å². The maximum atomic E-state index is 12.8. The lowest BCUT2D eigenvalue weighted by Crippen LogP contribution is -2.40. The highest BCUT2D eigenvalue weighted by Gasteiger charge is 2.20. The van der Waals surface area contributed by atoms with Gasteiger partial charge >= 0.3 is 0 Å². The van der Waals surface area contributed by atoms with Crippen LogP contribution in [-0.4, -0.2) is 40.7 Å². The quantitative estimate of drug-likeness (QED) is 0.343. The number of aromatic nitrogens is 2. The standard InChI is InChI=1S/C25H33N5O4/c1-18(2)14-21(25(32)28-15-19-8-4-3-5-9-19)29-22-17-26-20(16-27-22)11-12-23(31)30-34-24-10-6-7-13-33-24/h3-5,8-9,11-12,16-18,21,24H,6-7,10,13-15H2,1-2H3,(H,27,29)(H,28,32)(H,30,31)/b12-11+/t21-,24?/m1/s1. The van der Waals surface area contributed by atoms with Crippen molar-refractivity contribution in [1.29, 1.82) is 0 Å². The molecule has 0 saturated carbocycles.